The van der Waals surface area contributed by atoms with Crippen molar-refractivity contribution in [3.63, 3.8) is 0 Å². The Kier molecular flexibility index (Phi) is 4.59. The van der Waals surface area contributed by atoms with Gasteiger partial charge in [0.15, 0.2) is 0 Å². The zero-order valence-electron chi connectivity index (χ0n) is 10.7. The molecule has 0 aliphatic carbocycles. The van der Waals surface area contributed by atoms with Gasteiger partial charge in [-0.2, -0.15) is 0 Å². The molecule has 0 saturated carbocycles. The molecule has 7 nitrogen and oxygen atoms in total. The monoisotopic (exact) mass is 354 g/mol. The van der Waals surface area contributed by atoms with Crippen LogP contribution >= 0.6 is 15.9 Å². The Morgan fingerprint density at radius 3 is 2.57 bits per heavy atom. The lowest BCUT2D eigenvalue weighted by Crippen LogP contribution is -2.31. The summed E-state index contributed by atoms with van der Waals surface area (Å²) in [7, 11) is 0. The zero-order chi connectivity index (χ0) is 15.4. The fourth-order valence-corrected chi connectivity index (χ4v) is 1.95. The van der Waals surface area contributed by atoms with Gasteiger partial charge in [0.25, 0.3) is 5.56 Å². The molecule has 1 aromatic carbocycles. The summed E-state index contributed by atoms with van der Waals surface area (Å²) in [5.74, 6) is -0.511. The van der Waals surface area contributed by atoms with Crippen molar-refractivity contribution in [3.8, 4) is 5.75 Å². The van der Waals surface area contributed by atoms with Crippen LogP contribution in [0.15, 0.2) is 44.5 Å². The molecule has 0 spiro atoms. The quantitative estimate of drug-likeness (QED) is 0.836. The number of aromatic carboxylic acids is 1. The van der Waals surface area contributed by atoms with E-state index in [2.05, 4.69) is 20.9 Å². The number of halogens is 1. The SMILES string of the molecule is O=C(O)c1ccc(OCCn2cc(Br)c(=O)[nH]c2=O)cc1. The number of nitrogens with zero attached hydrogens (tertiary/aromatic N) is 1. The summed E-state index contributed by atoms with van der Waals surface area (Å²) in [6.07, 6.45) is 1.39. The van der Waals surface area contributed by atoms with Gasteiger partial charge in [0.1, 0.15) is 12.4 Å². The van der Waals surface area contributed by atoms with Crippen LogP contribution in [0.5, 0.6) is 5.75 Å². The maximum absolute atomic E-state index is 11.5. The topological polar surface area (TPSA) is 101 Å². The first-order chi connectivity index (χ1) is 9.97. The molecule has 2 N–H and O–H groups in total. The van der Waals surface area contributed by atoms with Gasteiger partial charge in [-0.05, 0) is 40.2 Å². The number of benzene rings is 1. The second kappa shape index (κ2) is 6.40. The zero-order valence-corrected chi connectivity index (χ0v) is 12.3. The van der Waals surface area contributed by atoms with Crippen LogP contribution in [0.25, 0.3) is 0 Å². The van der Waals surface area contributed by atoms with Crippen molar-refractivity contribution in [3.05, 3.63) is 61.3 Å². The van der Waals surface area contributed by atoms with Gasteiger partial charge in [-0.1, -0.05) is 0 Å². The summed E-state index contributed by atoms with van der Waals surface area (Å²) in [5, 5.41) is 8.77. The molecule has 0 atom stereocenters. The minimum Gasteiger partial charge on any atom is -0.492 e. The van der Waals surface area contributed by atoms with Crippen molar-refractivity contribution in [1.82, 2.24) is 9.55 Å². The first-order valence-electron chi connectivity index (χ1n) is 5.93. The molecule has 0 fully saturated rings. The summed E-state index contributed by atoms with van der Waals surface area (Å²) < 4.78 is 6.97. The minimum absolute atomic E-state index is 0.170. The maximum atomic E-state index is 11.5. The highest BCUT2D eigenvalue weighted by Crippen LogP contribution is 2.12. The van der Waals surface area contributed by atoms with E-state index in [9.17, 15) is 14.4 Å². The molecule has 0 radical (unpaired) electrons. The van der Waals surface area contributed by atoms with Gasteiger partial charge < -0.3 is 9.84 Å². The van der Waals surface area contributed by atoms with Crippen LogP contribution in [0.3, 0.4) is 0 Å². The largest absolute Gasteiger partial charge is 0.492 e. The average Bonchev–Trinajstić information content (AvgIpc) is 2.45. The van der Waals surface area contributed by atoms with E-state index >= 15 is 0 Å². The van der Waals surface area contributed by atoms with Gasteiger partial charge in [0.05, 0.1) is 16.6 Å². The third kappa shape index (κ3) is 3.82. The molecular weight excluding hydrogens is 344 g/mol. The second-order valence-corrected chi connectivity index (χ2v) is 4.96. The number of rotatable bonds is 5. The van der Waals surface area contributed by atoms with Crippen molar-refractivity contribution in [2.75, 3.05) is 6.61 Å². The molecule has 0 saturated heterocycles. The van der Waals surface area contributed by atoms with E-state index in [4.69, 9.17) is 9.84 Å². The first-order valence-corrected chi connectivity index (χ1v) is 6.72. The fourth-order valence-electron chi connectivity index (χ4n) is 1.60. The van der Waals surface area contributed by atoms with Gasteiger partial charge >= 0.3 is 11.7 Å². The van der Waals surface area contributed by atoms with E-state index in [0.29, 0.717) is 5.75 Å². The lowest BCUT2D eigenvalue weighted by molar-refractivity contribution is 0.0697. The Morgan fingerprint density at radius 2 is 1.95 bits per heavy atom. The number of carboxylic acids is 1. The summed E-state index contributed by atoms with van der Waals surface area (Å²) in [4.78, 5) is 35.6. The van der Waals surface area contributed by atoms with Crippen molar-refractivity contribution < 1.29 is 14.6 Å². The van der Waals surface area contributed by atoms with Crippen LogP contribution in [0, 0.1) is 0 Å². The average molecular weight is 355 g/mol. The van der Waals surface area contributed by atoms with E-state index in [1.807, 2.05) is 0 Å². The summed E-state index contributed by atoms with van der Waals surface area (Å²) in [6.45, 7) is 0.444. The number of aromatic amines is 1. The highest BCUT2D eigenvalue weighted by molar-refractivity contribution is 9.10. The highest BCUT2D eigenvalue weighted by Gasteiger charge is 2.04. The third-order valence-corrected chi connectivity index (χ3v) is 3.23. The predicted molar refractivity (Wildman–Crippen MR) is 77.9 cm³/mol. The number of carbonyl (C=O) groups is 1. The van der Waals surface area contributed by atoms with E-state index in [0.717, 1.165) is 0 Å². The van der Waals surface area contributed by atoms with E-state index in [1.54, 1.807) is 0 Å². The van der Waals surface area contributed by atoms with Gasteiger partial charge in [-0.15, -0.1) is 0 Å². The molecule has 0 amide bonds. The minimum atomic E-state index is -1.01. The summed E-state index contributed by atoms with van der Waals surface area (Å²) in [5.41, 5.74) is -0.836. The highest BCUT2D eigenvalue weighted by atomic mass is 79.9. The number of hydrogen-bond acceptors (Lipinski definition) is 4. The Balaban J connectivity index is 1.98. The molecule has 1 aromatic heterocycles. The number of carboxylic acid groups (broad SMARTS) is 1. The number of ether oxygens (including phenoxy) is 1. The van der Waals surface area contributed by atoms with Crippen LogP contribution < -0.4 is 16.0 Å². The van der Waals surface area contributed by atoms with E-state index in [-0.39, 0.29) is 23.2 Å². The molecule has 2 aromatic rings. The van der Waals surface area contributed by atoms with Gasteiger partial charge in [-0.25, -0.2) is 9.59 Å². The molecule has 0 aliphatic heterocycles. The van der Waals surface area contributed by atoms with Crippen LogP contribution in [0.1, 0.15) is 10.4 Å². The standard InChI is InChI=1S/C13H11BrN2O5/c14-10-7-16(13(20)15-11(10)17)5-6-21-9-3-1-8(2-4-9)12(18)19/h1-4,7H,5-6H2,(H,18,19)(H,15,17,20). The van der Waals surface area contributed by atoms with Crippen LogP contribution in [0.2, 0.25) is 0 Å². The van der Waals surface area contributed by atoms with Crippen molar-refractivity contribution in [2.24, 2.45) is 0 Å². The molecule has 0 aliphatic rings. The molecular formula is C13H11BrN2O5. The summed E-state index contributed by atoms with van der Waals surface area (Å²) >= 11 is 3.04. The Bertz CT molecular complexity index is 763. The Morgan fingerprint density at radius 1 is 1.29 bits per heavy atom. The van der Waals surface area contributed by atoms with Crippen molar-refractivity contribution >= 4 is 21.9 Å². The Hall–Kier alpha value is -2.35. The van der Waals surface area contributed by atoms with Crippen LogP contribution in [-0.2, 0) is 6.54 Å². The fraction of sp³-hybridized carbons (Fsp3) is 0.154. The first kappa shape index (κ1) is 15.0. The number of H-pyrrole nitrogens is 1. The van der Waals surface area contributed by atoms with Gasteiger partial charge in [0, 0.05) is 6.20 Å². The van der Waals surface area contributed by atoms with E-state index in [1.165, 1.54) is 35.0 Å². The maximum Gasteiger partial charge on any atom is 0.335 e. The second-order valence-electron chi connectivity index (χ2n) is 4.11. The van der Waals surface area contributed by atoms with E-state index < -0.39 is 17.2 Å². The lowest BCUT2D eigenvalue weighted by atomic mass is 10.2. The van der Waals surface area contributed by atoms with Crippen molar-refractivity contribution in [1.29, 1.82) is 0 Å². The number of nitrogens with one attached hydrogen (secondary N) is 1. The number of aromatic nitrogens is 2. The molecule has 0 bridgehead atoms. The molecule has 110 valence electrons. The predicted octanol–water partition coefficient (Wildman–Crippen LogP) is 1.08. The molecule has 1 heterocycles. The lowest BCUT2D eigenvalue weighted by Gasteiger charge is -2.08. The smallest absolute Gasteiger partial charge is 0.335 e. The molecule has 21 heavy (non-hydrogen) atoms. The normalized spacial score (nSPS) is 10.3. The van der Waals surface area contributed by atoms with Gasteiger partial charge in [0.2, 0.25) is 0 Å². The summed E-state index contributed by atoms with van der Waals surface area (Å²) in [6, 6.07) is 5.94. The van der Waals surface area contributed by atoms with Crippen LogP contribution in [0.4, 0.5) is 0 Å². The van der Waals surface area contributed by atoms with Crippen LogP contribution in [-0.4, -0.2) is 27.2 Å². The van der Waals surface area contributed by atoms with Crippen molar-refractivity contribution in [2.45, 2.75) is 6.54 Å². The molecule has 0 unspecified atom stereocenters. The third-order valence-electron chi connectivity index (χ3n) is 2.67. The Labute approximate surface area is 126 Å². The molecule has 8 heteroatoms. The molecule has 2 rings (SSSR count). The number of hydrogen-bond donors (Lipinski definition) is 2. The van der Waals surface area contributed by atoms with Gasteiger partial charge in [-0.3, -0.25) is 14.3 Å².